The normalized spacial score (nSPS) is 23.0. The average Bonchev–Trinajstić information content (AvgIpc) is 3.30. The molecule has 1 aromatic rings. The van der Waals surface area contributed by atoms with E-state index >= 15 is 0 Å². The molecule has 0 spiro atoms. The molecule has 1 N–H and O–H groups in total. The van der Waals surface area contributed by atoms with Crippen LogP contribution in [0.3, 0.4) is 0 Å². The molecule has 3 aliphatic heterocycles. The highest BCUT2D eigenvalue weighted by atomic mass is 32.2. The van der Waals surface area contributed by atoms with Gasteiger partial charge in [-0.25, -0.2) is 8.42 Å². The van der Waals surface area contributed by atoms with Gasteiger partial charge in [0, 0.05) is 57.0 Å². The fourth-order valence-electron chi connectivity index (χ4n) is 4.37. The van der Waals surface area contributed by atoms with Crippen LogP contribution in [0.25, 0.3) is 0 Å². The second-order valence-electron chi connectivity index (χ2n) is 8.24. The molecular weight excluding hydrogens is 424 g/mol. The van der Waals surface area contributed by atoms with Gasteiger partial charge < -0.3 is 14.6 Å². The fraction of sp³-hybridized carbons (Fsp3) is 0.750. The molecule has 0 atom stereocenters. The number of nitrogens with one attached hydrogen (secondary N) is 1. The minimum absolute atomic E-state index is 0.0997. The molecule has 0 radical (unpaired) electrons. The van der Waals surface area contributed by atoms with E-state index in [1.165, 1.54) is 23.0 Å². The van der Waals surface area contributed by atoms with Gasteiger partial charge in [0.1, 0.15) is 10.6 Å². The van der Waals surface area contributed by atoms with E-state index < -0.39 is 10.0 Å². The Morgan fingerprint density at radius 3 is 2.50 bits per heavy atom. The number of piperidine rings is 1. The van der Waals surface area contributed by atoms with Crippen LogP contribution in [0, 0.1) is 5.92 Å². The number of hydrogen-bond donors (Lipinski definition) is 1. The molecule has 30 heavy (non-hydrogen) atoms. The zero-order valence-electron chi connectivity index (χ0n) is 17.4. The van der Waals surface area contributed by atoms with Gasteiger partial charge in [0.25, 0.3) is 5.91 Å². The van der Waals surface area contributed by atoms with E-state index in [1.54, 1.807) is 11.8 Å². The topological polar surface area (TPSA) is 86.0 Å². The number of amides is 1. The third kappa shape index (κ3) is 5.21. The van der Waals surface area contributed by atoms with E-state index in [0.717, 1.165) is 70.3 Å². The molecule has 1 amide bonds. The van der Waals surface area contributed by atoms with Crippen molar-refractivity contribution >= 4 is 27.7 Å². The van der Waals surface area contributed by atoms with Crippen molar-refractivity contribution < 1.29 is 17.9 Å². The maximum atomic E-state index is 12.9. The van der Waals surface area contributed by atoms with E-state index in [4.69, 9.17) is 4.74 Å². The van der Waals surface area contributed by atoms with Gasteiger partial charge in [0.15, 0.2) is 0 Å². The Morgan fingerprint density at radius 1 is 1.10 bits per heavy atom. The molecule has 10 heteroatoms. The van der Waals surface area contributed by atoms with Crippen LogP contribution in [0.5, 0.6) is 0 Å². The number of carbonyl (C=O) groups is 1. The van der Waals surface area contributed by atoms with Crippen LogP contribution in [-0.2, 0) is 14.8 Å². The molecule has 3 saturated heterocycles. The quantitative estimate of drug-likeness (QED) is 0.695. The lowest BCUT2D eigenvalue weighted by Crippen LogP contribution is -2.41. The Hall–Kier alpha value is -1.07. The molecule has 0 unspecified atom stereocenters. The van der Waals surface area contributed by atoms with Crippen LogP contribution in [0.2, 0.25) is 0 Å². The number of carbonyl (C=O) groups excluding carboxylic acids is 1. The molecule has 4 heterocycles. The first-order chi connectivity index (χ1) is 14.5. The van der Waals surface area contributed by atoms with Crippen molar-refractivity contribution in [1.82, 2.24) is 19.1 Å². The van der Waals surface area contributed by atoms with Crippen molar-refractivity contribution in [2.24, 2.45) is 5.92 Å². The smallest absolute Gasteiger partial charge is 0.270 e. The Balaban J connectivity index is 1.28. The Bertz CT molecular complexity index is 809. The van der Waals surface area contributed by atoms with E-state index in [9.17, 15) is 13.2 Å². The number of aromatic nitrogens is 1. The summed E-state index contributed by atoms with van der Waals surface area (Å²) in [7, 11) is -3.53. The van der Waals surface area contributed by atoms with Crippen molar-refractivity contribution in [2.45, 2.75) is 24.2 Å². The van der Waals surface area contributed by atoms with Gasteiger partial charge in [-0.2, -0.15) is 16.1 Å². The summed E-state index contributed by atoms with van der Waals surface area (Å²) < 4.78 is 32.5. The number of hydrogen-bond acceptors (Lipinski definition) is 6. The summed E-state index contributed by atoms with van der Waals surface area (Å²) in [4.78, 5) is 20.3. The largest absolute Gasteiger partial charge is 0.379 e. The molecular formula is C20H32N4O4S2. The van der Waals surface area contributed by atoms with Crippen molar-refractivity contribution in [3.8, 4) is 0 Å². The van der Waals surface area contributed by atoms with E-state index in [2.05, 4.69) is 9.88 Å². The number of nitrogens with zero attached hydrogens (tertiary/aromatic N) is 3. The van der Waals surface area contributed by atoms with Gasteiger partial charge in [0.2, 0.25) is 10.0 Å². The van der Waals surface area contributed by atoms with Gasteiger partial charge in [0.05, 0.1) is 13.2 Å². The average molecular weight is 457 g/mol. The number of sulfonamides is 1. The molecule has 4 rings (SSSR count). The molecule has 0 bridgehead atoms. The zero-order valence-corrected chi connectivity index (χ0v) is 19.1. The first kappa shape index (κ1) is 22.1. The summed E-state index contributed by atoms with van der Waals surface area (Å²) in [5, 5.41) is 0. The molecule has 3 fully saturated rings. The molecule has 0 aromatic carbocycles. The monoisotopic (exact) mass is 456 g/mol. The zero-order chi connectivity index (χ0) is 21.0. The highest BCUT2D eigenvalue weighted by molar-refractivity contribution is 7.99. The second-order valence-corrected chi connectivity index (χ2v) is 11.4. The van der Waals surface area contributed by atoms with Gasteiger partial charge in [-0.1, -0.05) is 0 Å². The first-order valence-corrected chi connectivity index (χ1v) is 13.5. The van der Waals surface area contributed by atoms with Gasteiger partial charge in [-0.15, -0.1) is 0 Å². The minimum Gasteiger partial charge on any atom is -0.379 e. The third-order valence-electron chi connectivity index (χ3n) is 6.35. The minimum atomic E-state index is -3.53. The number of likely N-dealkylation sites (tertiary alicyclic amines) is 1. The predicted molar refractivity (Wildman–Crippen MR) is 117 cm³/mol. The number of ether oxygens (including phenoxy) is 1. The van der Waals surface area contributed by atoms with Crippen molar-refractivity contribution in [2.75, 3.05) is 70.5 Å². The second kappa shape index (κ2) is 10.0. The Morgan fingerprint density at radius 2 is 1.80 bits per heavy atom. The number of morpholine rings is 1. The molecule has 8 nitrogen and oxygen atoms in total. The van der Waals surface area contributed by atoms with Crippen LogP contribution in [0.1, 0.15) is 29.8 Å². The van der Waals surface area contributed by atoms with E-state index in [1.807, 2.05) is 4.90 Å². The van der Waals surface area contributed by atoms with Crippen LogP contribution in [0.15, 0.2) is 17.2 Å². The lowest BCUT2D eigenvalue weighted by atomic mass is 9.93. The highest BCUT2D eigenvalue weighted by Gasteiger charge is 2.30. The van der Waals surface area contributed by atoms with Crippen molar-refractivity contribution in [3.63, 3.8) is 0 Å². The number of rotatable bonds is 6. The highest BCUT2D eigenvalue weighted by Crippen LogP contribution is 2.24. The maximum Gasteiger partial charge on any atom is 0.270 e. The Kier molecular flexibility index (Phi) is 7.40. The summed E-state index contributed by atoms with van der Waals surface area (Å²) in [5.74, 6) is 2.18. The van der Waals surface area contributed by atoms with Crippen LogP contribution < -0.4 is 0 Å². The maximum absolute atomic E-state index is 12.9. The van der Waals surface area contributed by atoms with E-state index in [-0.39, 0.29) is 10.8 Å². The Labute approximate surface area is 183 Å². The molecule has 168 valence electrons. The van der Waals surface area contributed by atoms with Crippen LogP contribution in [0.4, 0.5) is 0 Å². The van der Waals surface area contributed by atoms with Crippen LogP contribution >= 0.6 is 11.8 Å². The molecule has 0 aliphatic carbocycles. The summed E-state index contributed by atoms with van der Waals surface area (Å²) in [6, 6.07) is 1.50. The van der Waals surface area contributed by atoms with Crippen LogP contribution in [-0.4, -0.2) is 104 Å². The van der Waals surface area contributed by atoms with Gasteiger partial charge in [-0.3, -0.25) is 9.69 Å². The van der Waals surface area contributed by atoms with Crippen molar-refractivity contribution in [1.29, 1.82) is 0 Å². The molecule has 1 aromatic heterocycles. The summed E-state index contributed by atoms with van der Waals surface area (Å²) in [6.45, 7) is 7.33. The fourth-order valence-corrected chi connectivity index (χ4v) is 6.94. The van der Waals surface area contributed by atoms with Crippen molar-refractivity contribution in [3.05, 3.63) is 18.0 Å². The molecule has 0 saturated carbocycles. The number of H-pyrrole nitrogens is 1. The summed E-state index contributed by atoms with van der Waals surface area (Å²) >= 11 is 1.77. The summed E-state index contributed by atoms with van der Waals surface area (Å²) in [6.07, 6.45) is 4.64. The predicted octanol–water partition coefficient (Wildman–Crippen LogP) is 1.33. The van der Waals surface area contributed by atoms with Gasteiger partial charge in [-0.05, 0) is 37.8 Å². The van der Waals surface area contributed by atoms with Gasteiger partial charge >= 0.3 is 0 Å². The lowest BCUT2D eigenvalue weighted by Gasteiger charge is -2.33. The standard InChI is InChI=1S/C20H32N4O4S2/c25-20(19-15-18(16-21-19)30(26,27)24-9-13-29-14-10-24)23-5-2-17(3-6-23)1-4-22-7-11-28-12-8-22/h15-17,21H,1-14H2. The third-order valence-corrected chi connectivity index (χ3v) is 9.17. The summed E-state index contributed by atoms with van der Waals surface area (Å²) in [5.41, 5.74) is 0.367. The van der Waals surface area contributed by atoms with E-state index in [0.29, 0.717) is 24.7 Å². The number of aromatic amines is 1. The molecule has 3 aliphatic rings. The SMILES string of the molecule is O=C(c1cc(S(=O)(=O)N2CCSCC2)c[nH]1)N1CCC(CCN2CCOCC2)CC1. The first-order valence-electron chi connectivity index (χ1n) is 10.9. The lowest BCUT2D eigenvalue weighted by molar-refractivity contribution is 0.0332. The number of thioether (sulfide) groups is 1.